The summed E-state index contributed by atoms with van der Waals surface area (Å²) in [4.78, 5) is 10.6. The van der Waals surface area contributed by atoms with Crippen molar-refractivity contribution in [3.63, 3.8) is 0 Å². The predicted octanol–water partition coefficient (Wildman–Crippen LogP) is 2.62. The van der Waals surface area contributed by atoms with Crippen molar-refractivity contribution in [2.24, 2.45) is 0 Å². The van der Waals surface area contributed by atoms with Gasteiger partial charge in [0.25, 0.3) is 0 Å². The molecule has 2 nitrogen and oxygen atoms in total. The lowest BCUT2D eigenvalue weighted by molar-refractivity contribution is -0.138. The van der Waals surface area contributed by atoms with E-state index in [1.807, 2.05) is 22.6 Å². The molecule has 1 aromatic carbocycles. The molecule has 0 fully saturated rings. The van der Waals surface area contributed by atoms with Crippen molar-refractivity contribution in [2.45, 2.75) is 12.8 Å². The van der Waals surface area contributed by atoms with E-state index in [2.05, 4.69) is 0 Å². The van der Waals surface area contributed by atoms with Crippen molar-refractivity contribution in [2.75, 3.05) is 0 Å². The number of aliphatic carboxylic acids is 1. The largest absolute Gasteiger partial charge is 0.481 e. The van der Waals surface area contributed by atoms with Crippen molar-refractivity contribution in [3.8, 4) is 0 Å². The average molecular weight is 294 g/mol. The van der Waals surface area contributed by atoms with Gasteiger partial charge in [-0.1, -0.05) is 6.07 Å². The van der Waals surface area contributed by atoms with E-state index in [1.54, 1.807) is 6.07 Å². The maximum atomic E-state index is 13.2. The Balaban J connectivity index is 3.08. The van der Waals surface area contributed by atoms with E-state index in [4.69, 9.17) is 5.11 Å². The Labute approximate surface area is 88.9 Å². The zero-order chi connectivity index (χ0) is 10.0. The first-order valence-electron chi connectivity index (χ1n) is 3.70. The summed E-state index contributed by atoms with van der Waals surface area (Å²) in [6.07, 6.45) is 0. The molecule has 0 bridgehead atoms. The Morgan fingerprint density at radius 1 is 1.62 bits per heavy atom. The minimum absolute atomic E-state index is 0.230. The normalized spacial score (nSPS) is 12.5. The summed E-state index contributed by atoms with van der Waals surface area (Å²) >= 11 is 1.98. The minimum Gasteiger partial charge on any atom is -0.481 e. The molecule has 0 aliphatic rings. The zero-order valence-electron chi connectivity index (χ0n) is 6.92. The standard InChI is InChI=1S/C9H8FIO2/c1-5(9(12)13)7-3-2-6(11)4-8(7)10/h2-5H,1H3,(H,12,13). The van der Waals surface area contributed by atoms with Gasteiger partial charge in [-0.15, -0.1) is 0 Å². The van der Waals surface area contributed by atoms with Gasteiger partial charge >= 0.3 is 5.97 Å². The predicted molar refractivity (Wildman–Crippen MR) is 55.2 cm³/mol. The van der Waals surface area contributed by atoms with Crippen molar-refractivity contribution < 1.29 is 14.3 Å². The molecular formula is C9H8FIO2. The Bertz CT molecular complexity index is 338. The molecule has 1 aromatic rings. The van der Waals surface area contributed by atoms with Gasteiger partial charge in [0.15, 0.2) is 0 Å². The lowest BCUT2D eigenvalue weighted by atomic mass is 10.0. The number of hydrogen-bond acceptors (Lipinski definition) is 1. The molecule has 1 atom stereocenters. The molecule has 4 heteroatoms. The molecule has 1 rings (SSSR count). The van der Waals surface area contributed by atoms with E-state index < -0.39 is 17.7 Å². The fourth-order valence-electron chi connectivity index (χ4n) is 0.986. The summed E-state index contributed by atoms with van der Waals surface area (Å²) in [6.45, 7) is 1.47. The summed E-state index contributed by atoms with van der Waals surface area (Å²) < 4.78 is 14.0. The van der Waals surface area contributed by atoms with Crippen molar-refractivity contribution >= 4 is 28.6 Å². The smallest absolute Gasteiger partial charge is 0.310 e. The molecule has 0 saturated carbocycles. The number of benzene rings is 1. The first-order chi connectivity index (χ1) is 6.02. The molecule has 0 radical (unpaired) electrons. The summed E-state index contributed by atoms with van der Waals surface area (Å²) in [5.74, 6) is -2.26. The van der Waals surface area contributed by atoms with Gasteiger partial charge in [-0.05, 0) is 41.6 Å². The maximum absolute atomic E-state index is 13.2. The number of carboxylic acids is 1. The van der Waals surface area contributed by atoms with Crippen LogP contribution in [0.5, 0.6) is 0 Å². The lowest BCUT2D eigenvalue weighted by Gasteiger charge is -2.07. The van der Waals surface area contributed by atoms with Gasteiger partial charge in [-0.25, -0.2) is 4.39 Å². The van der Waals surface area contributed by atoms with Gasteiger partial charge in [0, 0.05) is 9.13 Å². The van der Waals surface area contributed by atoms with Crippen LogP contribution in [0.25, 0.3) is 0 Å². The van der Waals surface area contributed by atoms with Gasteiger partial charge in [-0.2, -0.15) is 0 Å². The van der Waals surface area contributed by atoms with E-state index in [0.717, 1.165) is 3.57 Å². The second-order valence-electron chi connectivity index (χ2n) is 2.73. The van der Waals surface area contributed by atoms with E-state index >= 15 is 0 Å². The quantitative estimate of drug-likeness (QED) is 0.851. The number of carboxylic acid groups (broad SMARTS) is 1. The molecule has 70 valence electrons. The maximum Gasteiger partial charge on any atom is 0.310 e. The third-order valence-electron chi connectivity index (χ3n) is 1.80. The van der Waals surface area contributed by atoms with Crippen LogP contribution in [0.15, 0.2) is 18.2 Å². The molecule has 0 heterocycles. The van der Waals surface area contributed by atoms with E-state index in [-0.39, 0.29) is 5.56 Å². The van der Waals surface area contributed by atoms with Crippen molar-refractivity contribution in [3.05, 3.63) is 33.1 Å². The Hall–Kier alpha value is -0.650. The van der Waals surface area contributed by atoms with Gasteiger partial charge < -0.3 is 5.11 Å². The summed E-state index contributed by atoms with van der Waals surface area (Å²) in [5, 5.41) is 8.66. The number of carbonyl (C=O) groups is 1. The van der Waals surface area contributed by atoms with Gasteiger partial charge in [0.2, 0.25) is 0 Å². The molecule has 0 aliphatic carbocycles. The molecule has 0 saturated heterocycles. The highest BCUT2D eigenvalue weighted by Gasteiger charge is 2.17. The second kappa shape index (κ2) is 4.04. The van der Waals surface area contributed by atoms with Crippen LogP contribution >= 0.6 is 22.6 Å². The van der Waals surface area contributed by atoms with Crippen LogP contribution in [0, 0.1) is 9.39 Å². The third kappa shape index (κ3) is 2.40. The monoisotopic (exact) mass is 294 g/mol. The van der Waals surface area contributed by atoms with Gasteiger partial charge in [-0.3, -0.25) is 4.79 Å². The van der Waals surface area contributed by atoms with E-state index in [1.165, 1.54) is 19.1 Å². The summed E-state index contributed by atoms with van der Waals surface area (Å²) in [5.41, 5.74) is 0.230. The van der Waals surface area contributed by atoms with Gasteiger partial charge in [0.05, 0.1) is 5.92 Å². The van der Waals surface area contributed by atoms with Crippen LogP contribution in [0.1, 0.15) is 18.4 Å². The molecule has 1 N–H and O–H groups in total. The van der Waals surface area contributed by atoms with Crippen molar-refractivity contribution in [1.82, 2.24) is 0 Å². The first kappa shape index (κ1) is 10.4. The highest BCUT2D eigenvalue weighted by Crippen LogP contribution is 2.20. The third-order valence-corrected chi connectivity index (χ3v) is 2.47. The van der Waals surface area contributed by atoms with E-state index in [9.17, 15) is 9.18 Å². The highest BCUT2D eigenvalue weighted by molar-refractivity contribution is 14.1. The van der Waals surface area contributed by atoms with Crippen LogP contribution in [0.2, 0.25) is 0 Å². The minimum atomic E-state index is -1.01. The molecule has 0 aromatic heterocycles. The second-order valence-corrected chi connectivity index (χ2v) is 3.97. The average Bonchev–Trinajstić information content (AvgIpc) is 2.03. The topological polar surface area (TPSA) is 37.3 Å². The highest BCUT2D eigenvalue weighted by atomic mass is 127. The number of halogens is 2. The Morgan fingerprint density at radius 2 is 2.23 bits per heavy atom. The van der Waals surface area contributed by atoms with Gasteiger partial charge in [0.1, 0.15) is 5.82 Å². The molecule has 1 unspecified atom stereocenters. The summed E-state index contributed by atoms with van der Waals surface area (Å²) in [6, 6.07) is 4.53. The number of hydrogen-bond donors (Lipinski definition) is 1. The van der Waals surface area contributed by atoms with Crippen LogP contribution in [-0.4, -0.2) is 11.1 Å². The molecule has 0 spiro atoms. The van der Waals surface area contributed by atoms with Crippen LogP contribution in [0.4, 0.5) is 4.39 Å². The molecular weight excluding hydrogens is 286 g/mol. The summed E-state index contributed by atoms with van der Waals surface area (Å²) in [7, 11) is 0. The van der Waals surface area contributed by atoms with Crippen LogP contribution in [-0.2, 0) is 4.79 Å². The lowest BCUT2D eigenvalue weighted by Crippen LogP contribution is -2.09. The SMILES string of the molecule is CC(C(=O)O)c1ccc(I)cc1F. The first-order valence-corrected chi connectivity index (χ1v) is 4.78. The van der Waals surface area contributed by atoms with Crippen molar-refractivity contribution in [1.29, 1.82) is 0 Å². The van der Waals surface area contributed by atoms with Crippen LogP contribution < -0.4 is 0 Å². The molecule has 13 heavy (non-hydrogen) atoms. The Morgan fingerprint density at radius 3 is 2.69 bits per heavy atom. The Kier molecular flexibility index (Phi) is 3.24. The fraction of sp³-hybridized carbons (Fsp3) is 0.222. The molecule has 0 amide bonds. The zero-order valence-corrected chi connectivity index (χ0v) is 9.08. The molecule has 0 aliphatic heterocycles. The van der Waals surface area contributed by atoms with Crippen LogP contribution in [0.3, 0.4) is 0 Å². The number of rotatable bonds is 2. The fourth-order valence-corrected chi connectivity index (χ4v) is 1.44. The van der Waals surface area contributed by atoms with E-state index in [0.29, 0.717) is 0 Å².